The molecule has 0 saturated heterocycles. The first-order valence-electron chi connectivity index (χ1n) is 7.47. The number of hydrogen-bond donors (Lipinski definition) is 1. The number of para-hydroxylation sites is 1. The molecule has 0 aliphatic rings. The van der Waals surface area contributed by atoms with Crippen LogP contribution >= 0.6 is 0 Å². The molecule has 1 unspecified atom stereocenters. The first-order valence-corrected chi connectivity index (χ1v) is 7.47. The molecular weight excluding hydrogens is 278 g/mol. The molecule has 1 atom stereocenters. The monoisotopic (exact) mass is 299 g/mol. The number of nitrogens with one attached hydrogen (secondary N) is 1. The first-order chi connectivity index (χ1) is 10.7. The molecule has 0 aliphatic heterocycles. The lowest BCUT2D eigenvalue weighted by Crippen LogP contribution is -3.10. The standard InChI is InChI=1S/C18H21NO3/c1-2-22-17-11-7-6-10-16(17)13-19(14-18(20)21)12-15-8-4-3-5-9-15/h3-11H,2,12-14H2,1H3,(H,20,21). The van der Waals surface area contributed by atoms with Crippen molar-refractivity contribution in [2.24, 2.45) is 0 Å². The summed E-state index contributed by atoms with van der Waals surface area (Å²) >= 11 is 0. The van der Waals surface area contributed by atoms with Gasteiger partial charge < -0.3 is 19.5 Å². The molecule has 2 aromatic rings. The second-order valence-corrected chi connectivity index (χ2v) is 5.18. The van der Waals surface area contributed by atoms with E-state index in [4.69, 9.17) is 4.74 Å². The fraction of sp³-hybridized carbons (Fsp3) is 0.278. The third-order valence-electron chi connectivity index (χ3n) is 3.40. The summed E-state index contributed by atoms with van der Waals surface area (Å²) in [4.78, 5) is 12.0. The van der Waals surface area contributed by atoms with Crippen LogP contribution in [0.5, 0.6) is 5.75 Å². The molecule has 0 aliphatic carbocycles. The van der Waals surface area contributed by atoms with Crippen LogP contribution in [0.15, 0.2) is 54.6 Å². The molecular formula is C18H21NO3. The smallest absolute Gasteiger partial charge is 0.128 e. The number of carbonyl (C=O) groups is 1. The summed E-state index contributed by atoms with van der Waals surface area (Å²) in [5.41, 5.74) is 2.11. The van der Waals surface area contributed by atoms with Crippen molar-refractivity contribution in [2.45, 2.75) is 20.0 Å². The van der Waals surface area contributed by atoms with Crippen LogP contribution in [-0.2, 0) is 17.9 Å². The number of aliphatic carboxylic acids is 1. The highest BCUT2D eigenvalue weighted by Gasteiger charge is 2.14. The molecule has 0 radical (unpaired) electrons. The highest BCUT2D eigenvalue weighted by Crippen LogP contribution is 2.16. The van der Waals surface area contributed by atoms with Crippen LogP contribution in [0.3, 0.4) is 0 Å². The molecule has 2 rings (SSSR count). The highest BCUT2D eigenvalue weighted by atomic mass is 16.5. The zero-order valence-corrected chi connectivity index (χ0v) is 12.7. The number of ether oxygens (including phenoxy) is 1. The van der Waals surface area contributed by atoms with Gasteiger partial charge in [0.1, 0.15) is 25.4 Å². The van der Waals surface area contributed by atoms with Gasteiger partial charge in [0.25, 0.3) is 0 Å². The molecule has 2 aromatic carbocycles. The van der Waals surface area contributed by atoms with Crippen LogP contribution < -0.4 is 14.7 Å². The maximum atomic E-state index is 11.0. The molecule has 4 heteroatoms. The lowest BCUT2D eigenvalue weighted by molar-refractivity contribution is -0.922. The fourth-order valence-electron chi connectivity index (χ4n) is 2.49. The molecule has 0 spiro atoms. The van der Waals surface area contributed by atoms with Crippen molar-refractivity contribution in [2.75, 3.05) is 13.2 Å². The van der Waals surface area contributed by atoms with Gasteiger partial charge in [-0.1, -0.05) is 42.5 Å². The Labute approximate surface area is 131 Å². The van der Waals surface area contributed by atoms with Gasteiger partial charge in [-0.3, -0.25) is 0 Å². The van der Waals surface area contributed by atoms with E-state index < -0.39 is 5.97 Å². The molecule has 0 saturated carbocycles. The van der Waals surface area contributed by atoms with E-state index in [9.17, 15) is 9.90 Å². The Kier molecular flexibility index (Phi) is 5.98. The van der Waals surface area contributed by atoms with Gasteiger partial charge in [-0.25, -0.2) is 0 Å². The minimum absolute atomic E-state index is 0.0324. The SMILES string of the molecule is CCOc1ccccc1C[NH+](CC(=O)[O-])Cc1ccccc1. The largest absolute Gasteiger partial charge is 0.544 e. The van der Waals surface area contributed by atoms with Crippen LogP contribution in [0, 0.1) is 0 Å². The van der Waals surface area contributed by atoms with Crippen molar-refractivity contribution in [3.63, 3.8) is 0 Å². The molecule has 116 valence electrons. The second-order valence-electron chi connectivity index (χ2n) is 5.18. The minimum atomic E-state index is -1.04. The van der Waals surface area contributed by atoms with Crippen molar-refractivity contribution >= 4 is 5.97 Å². The van der Waals surface area contributed by atoms with E-state index >= 15 is 0 Å². The van der Waals surface area contributed by atoms with Gasteiger partial charge >= 0.3 is 0 Å². The summed E-state index contributed by atoms with van der Waals surface area (Å²) in [5.74, 6) is -0.228. The van der Waals surface area contributed by atoms with Crippen molar-refractivity contribution < 1.29 is 19.5 Å². The molecule has 4 nitrogen and oxygen atoms in total. The Morgan fingerprint density at radius 1 is 1.05 bits per heavy atom. The van der Waals surface area contributed by atoms with E-state index in [0.717, 1.165) is 21.8 Å². The Balaban J connectivity index is 2.14. The van der Waals surface area contributed by atoms with Crippen LogP contribution in [0.1, 0.15) is 18.1 Å². The number of benzene rings is 2. The van der Waals surface area contributed by atoms with Gasteiger partial charge in [-0.05, 0) is 19.1 Å². The Bertz CT molecular complexity index is 598. The lowest BCUT2D eigenvalue weighted by Gasteiger charge is -2.21. The lowest BCUT2D eigenvalue weighted by atomic mass is 10.1. The molecule has 0 amide bonds. The van der Waals surface area contributed by atoms with Crippen molar-refractivity contribution in [1.29, 1.82) is 0 Å². The average Bonchev–Trinajstić information content (AvgIpc) is 2.50. The zero-order chi connectivity index (χ0) is 15.8. The van der Waals surface area contributed by atoms with Gasteiger partial charge in [0.05, 0.1) is 12.6 Å². The van der Waals surface area contributed by atoms with Gasteiger partial charge in [-0.2, -0.15) is 0 Å². The van der Waals surface area contributed by atoms with E-state index in [-0.39, 0.29) is 6.54 Å². The van der Waals surface area contributed by atoms with E-state index in [0.29, 0.717) is 19.7 Å². The number of carboxylic acids is 1. The molecule has 0 fully saturated rings. The number of rotatable bonds is 8. The van der Waals surface area contributed by atoms with Gasteiger partial charge in [0, 0.05) is 11.1 Å². The third kappa shape index (κ3) is 4.90. The minimum Gasteiger partial charge on any atom is -0.544 e. The topological polar surface area (TPSA) is 53.8 Å². The van der Waals surface area contributed by atoms with Crippen LogP contribution in [0.4, 0.5) is 0 Å². The van der Waals surface area contributed by atoms with Crippen molar-refractivity contribution in [3.05, 3.63) is 65.7 Å². The van der Waals surface area contributed by atoms with E-state index in [1.54, 1.807) is 0 Å². The van der Waals surface area contributed by atoms with Crippen LogP contribution in [0.25, 0.3) is 0 Å². The second kappa shape index (κ2) is 8.20. The summed E-state index contributed by atoms with van der Waals surface area (Å²) in [6, 6.07) is 17.6. The predicted octanol–water partition coefficient (Wildman–Crippen LogP) is 0.420. The number of hydrogen-bond acceptors (Lipinski definition) is 3. The fourth-order valence-corrected chi connectivity index (χ4v) is 2.49. The Hall–Kier alpha value is -2.33. The Morgan fingerprint density at radius 2 is 1.73 bits per heavy atom. The quantitative estimate of drug-likeness (QED) is 0.769. The Morgan fingerprint density at radius 3 is 2.41 bits per heavy atom. The number of quaternary nitrogens is 1. The summed E-state index contributed by atoms with van der Waals surface area (Å²) in [6.07, 6.45) is 0. The number of carbonyl (C=O) groups excluding carboxylic acids is 1. The van der Waals surface area contributed by atoms with Gasteiger partial charge in [0.15, 0.2) is 0 Å². The molecule has 0 bridgehead atoms. The summed E-state index contributed by atoms with van der Waals surface area (Å²) in [5, 5.41) is 11.0. The predicted molar refractivity (Wildman–Crippen MR) is 82.3 cm³/mol. The molecule has 0 heterocycles. The average molecular weight is 299 g/mol. The van der Waals surface area contributed by atoms with Crippen LogP contribution in [-0.4, -0.2) is 19.1 Å². The molecule has 0 aromatic heterocycles. The maximum Gasteiger partial charge on any atom is 0.128 e. The van der Waals surface area contributed by atoms with Crippen molar-refractivity contribution in [3.8, 4) is 5.75 Å². The first kappa shape index (κ1) is 16.0. The summed E-state index contributed by atoms with van der Waals surface area (Å²) in [6.45, 7) is 3.71. The van der Waals surface area contributed by atoms with E-state index in [2.05, 4.69) is 0 Å². The van der Waals surface area contributed by atoms with Crippen molar-refractivity contribution in [1.82, 2.24) is 0 Å². The summed E-state index contributed by atoms with van der Waals surface area (Å²) in [7, 11) is 0. The third-order valence-corrected chi connectivity index (χ3v) is 3.40. The highest BCUT2D eigenvalue weighted by molar-refractivity contribution is 5.65. The van der Waals surface area contributed by atoms with E-state index in [1.807, 2.05) is 61.5 Å². The van der Waals surface area contributed by atoms with Gasteiger partial charge in [-0.15, -0.1) is 0 Å². The summed E-state index contributed by atoms with van der Waals surface area (Å²) < 4.78 is 5.62. The van der Waals surface area contributed by atoms with E-state index in [1.165, 1.54) is 0 Å². The van der Waals surface area contributed by atoms with Gasteiger partial charge in [0.2, 0.25) is 0 Å². The maximum absolute atomic E-state index is 11.0. The van der Waals surface area contributed by atoms with Crippen LogP contribution in [0.2, 0.25) is 0 Å². The zero-order valence-electron chi connectivity index (χ0n) is 12.7. The normalized spacial score (nSPS) is 11.9. The number of carboxylic acid groups (broad SMARTS) is 1. The molecule has 22 heavy (non-hydrogen) atoms. The molecule has 1 N–H and O–H groups in total.